The molecular formula is C15H26N2O3. The second kappa shape index (κ2) is 9.58. The van der Waals surface area contributed by atoms with Gasteiger partial charge >= 0.3 is 0 Å². The first-order valence-corrected chi connectivity index (χ1v) is 7.02. The fourth-order valence-electron chi connectivity index (χ4n) is 2.06. The van der Waals surface area contributed by atoms with Crippen LogP contribution in [0.4, 0.5) is 0 Å². The number of hydrogen-bond acceptors (Lipinski definition) is 5. The Morgan fingerprint density at radius 2 is 1.75 bits per heavy atom. The number of benzene rings is 1. The van der Waals surface area contributed by atoms with Gasteiger partial charge in [-0.05, 0) is 43.5 Å². The van der Waals surface area contributed by atoms with Crippen LogP contribution in [-0.2, 0) is 0 Å². The van der Waals surface area contributed by atoms with Crippen molar-refractivity contribution < 1.29 is 14.6 Å². The normalized spacial score (nSPS) is 12.2. The lowest BCUT2D eigenvalue weighted by Gasteiger charge is -2.19. The Balaban J connectivity index is 2.63. The molecule has 0 radical (unpaired) electrons. The molecule has 0 aromatic heterocycles. The van der Waals surface area contributed by atoms with Crippen LogP contribution < -0.4 is 20.5 Å². The summed E-state index contributed by atoms with van der Waals surface area (Å²) >= 11 is 0. The van der Waals surface area contributed by atoms with Crippen molar-refractivity contribution in [1.82, 2.24) is 5.32 Å². The highest BCUT2D eigenvalue weighted by Gasteiger charge is 2.11. The number of hydrogen-bond donors (Lipinski definition) is 3. The summed E-state index contributed by atoms with van der Waals surface area (Å²) < 4.78 is 10.5. The monoisotopic (exact) mass is 282 g/mol. The molecule has 1 unspecified atom stereocenters. The molecule has 1 aromatic rings. The fraction of sp³-hybridized carbons (Fsp3) is 0.600. The number of ether oxygens (including phenoxy) is 2. The highest BCUT2D eigenvalue weighted by Crippen LogP contribution is 2.26. The van der Waals surface area contributed by atoms with Gasteiger partial charge in [-0.1, -0.05) is 0 Å². The smallest absolute Gasteiger partial charge is 0.122 e. The Morgan fingerprint density at radius 1 is 1.10 bits per heavy atom. The minimum Gasteiger partial charge on any atom is -0.497 e. The van der Waals surface area contributed by atoms with E-state index in [4.69, 9.17) is 20.3 Å². The molecule has 114 valence electrons. The predicted molar refractivity (Wildman–Crippen MR) is 80.3 cm³/mol. The van der Waals surface area contributed by atoms with E-state index >= 15 is 0 Å². The van der Waals surface area contributed by atoms with Gasteiger partial charge in [0.15, 0.2) is 0 Å². The zero-order valence-corrected chi connectivity index (χ0v) is 12.4. The van der Waals surface area contributed by atoms with Gasteiger partial charge in [0.2, 0.25) is 0 Å². The highest BCUT2D eigenvalue weighted by molar-refractivity contribution is 5.40. The zero-order valence-electron chi connectivity index (χ0n) is 12.4. The molecule has 1 rings (SSSR count). The van der Waals surface area contributed by atoms with Gasteiger partial charge in [0.1, 0.15) is 11.5 Å². The molecule has 0 fully saturated rings. The quantitative estimate of drug-likeness (QED) is 0.566. The Labute approximate surface area is 121 Å². The molecule has 0 saturated heterocycles. The molecule has 4 N–H and O–H groups in total. The number of nitrogens with one attached hydrogen (secondary N) is 1. The van der Waals surface area contributed by atoms with E-state index in [-0.39, 0.29) is 12.6 Å². The van der Waals surface area contributed by atoms with Crippen LogP contribution in [-0.4, -0.2) is 39.0 Å². The summed E-state index contributed by atoms with van der Waals surface area (Å²) in [6.07, 6.45) is 2.89. The molecule has 0 spiro atoms. The Bertz CT molecular complexity index is 363. The SMILES string of the molecule is COc1cc(OC)cc(C(CN)NCCCCCO)c1. The maximum absolute atomic E-state index is 8.75. The van der Waals surface area contributed by atoms with Crippen LogP contribution in [0.3, 0.4) is 0 Å². The zero-order chi connectivity index (χ0) is 14.8. The standard InChI is InChI=1S/C15H26N2O3/c1-19-13-8-12(9-14(10-13)20-2)15(11-16)17-6-4-3-5-7-18/h8-10,15,17-18H,3-7,11,16H2,1-2H3. The van der Waals surface area contributed by atoms with Crippen LogP contribution in [0.15, 0.2) is 18.2 Å². The molecule has 0 saturated carbocycles. The third kappa shape index (κ3) is 5.36. The average molecular weight is 282 g/mol. The predicted octanol–water partition coefficient (Wildman–Crippen LogP) is 1.46. The molecule has 0 aliphatic rings. The van der Waals surface area contributed by atoms with Crippen LogP contribution in [0.1, 0.15) is 30.9 Å². The average Bonchev–Trinajstić information content (AvgIpc) is 2.50. The van der Waals surface area contributed by atoms with E-state index in [2.05, 4.69) is 5.32 Å². The Kier molecular flexibility index (Phi) is 8.02. The lowest BCUT2D eigenvalue weighted by molar-refractivity contribution is 0.282. The number of nitrogens with two attached hydrogens (primary N) is 1. The molecule has 1 aromatic carbocycles. The van der Waals surface area contributed by atoms with Crippen molar-refractivity contribution in [3.8, 4) is 11.5 Å². The minimum atomic E-state index is 0.0770. The second-order valence-electron chi connectivity index (χ2n) is 4.67. The number of aliphatic hydroxyl groups excluding tert-OH is 1. The van der Waals surface area contributed by atoms with Crippen LogP contribution in [0, 0.1) is 0 Å². The maximum Gasteiger partial charge on any atom is 0.122 e. The Morgan fingerprint density at radius 3 is 2.25 bits per heavy atom. The lowest BCUT2D eigenvalue weighted by atomic mass is 10.1. The minimum absolute atomic E-state index is 0.0770. The maximum atomic E-state index is 8.75. The Hall–Kier alpha value is -1.30. The van der Waals surface area contributed by atoms with E-state index < -0.39 is 0 Å². The molecule has 5 heteroatoms. The van der Waals surface area contributed by atoms with E-state index in [0.717, 1.165) is 42.9 Å². The highest BCUT2D eigenvalue weighted by atomic mass is 16.5. The molecule has 0 bridgehead atoms. The van der Waals surface area contributed by atoms with Gasteiger partial charge in [-0.3, -0.25) is 0 Å². The van der Waals surface area contributed by atoms with Crippen LogP contribution in [0.5, 0.6) is 11.5 Å². The number of methoxy groups -OCH3 is 2. The van der Waals surface area contributed by atoms with Crippen molar-refractivity contribution in [2.45, 2.75) is 25.3 Å². The second-order valence-corrected chi connectivity index (χ2v) is 4.67. The number of rotatable bonds is 10. The fourth-order valence-corrected chi connectivity index (χ4v) is 2.06. The topological polar surface area (TPSA) is 76.7 Å². The third-order valence-corrected chi connectivity index (χ3v) is 3.24. The van der Waals surface area contributed by atoms with Gasteiger partial charge < -0.3 is 25.6 Å². The molecule has 5 nitrogen and oxygen atoms in total. The van der Waals surface area contributed by atoms with Crippen molar-refractivity contribution in [3.05, 3.63) is 23.8 Å². The van der Waals surface area contributed by atoms with E-state index in [0.29, 0.717) is 6.54 Å². The molecule has 0 amide bonds. The van der Waals surface area contributed by atoms with Crippen LogP contribution in [0.25, 0.3) is 0 Å². The van der Waals surface area contributed by atoms with Gasteiger partial charge in [0, 0.05) is 25.3 Å². The summed E-state index contributed by atoms with van der Waals surface area (Å²) in [6.45, 7) is 1.64. The molecule has 0 aliphatic carbocycles. The molecule has 0 aliphatic heterocycles. The number of aliphatic hydroxyl groups is 1. The van der Waals surface area contributed by atoms with Crippen molar-refractivity contribution in [3.63, 3.8) is 0 Å². The molecule has 1 atom stereocenters. The van der Waals surface area contributed by atoms with E-state index in [1.807, 2.05) is 18.2 Å². The summed E-state index contributed by atoms with van der Waals surface area (Å²) in [5.41, 5.74) is 6.91. The summed E-state index contributed by atoms with van der Waals surface area (Å²) in [7, 11) is 3.27. The van der Waals surface area contributed by atoms with Crippen LogP contribution >= 0.6 is 0 Å². The van der Waals surface area contributed by atoms with E-state index in [1.165, 1.54) is 0 Å². The molecular weight excluding hydrogens is 256 g/mol. The lowest BCUT2D eigenvalue weighted by Crippen LogP contribution is -2.29. The van der Waals surface area contributed by atoms with Gasteiger partial charge in [0.05, 0.1) is 14.2 Å². The van der Waals surface area contributed by atoms with E-state index in [9.17, 15) is 0 Å². The van der Waals surface area contributed by atoms with Gasteiger partial charge in [0.25, 0.3) is 0 Å². The number of unbranched alkanes of at least 4 members (excludes halogenated alkanes) is 2. The molecule has 20 heavy (non-hydrogen) atoms. The van der Waals surface area contributed by atoms with Crippen molar-refractivity contribution in [1.29, 1.82) is 0 Å². The molecule has 0 heterocycles. The van der Waals surface area contributed by atoms with Crippen LogP contribution in [0.2, 0.25) is 0 Å². The summed E-state index contributed by atoms with van der Waals surface area (Å²) in [6, 6.07) is 5.87. The van der Waals surface area contributed by atoms with Crippen molar-refractivity contribution in [2.75, 3.05) is 33.9 Å². The first-order valence-electron chi connectivity index (χ1n) is 7.02. The third-order valence-electron chi connectivity index (χ3n) is 3.24. The first kappa shape index (κ1) is 16.8. The summed E-state index contributed by atoms with van der Waals surface area (Å²) in [4.78, 5) is 0. The van der Waals surface area contributed by atoms with Gasteiger partial charge in [-0.25, -0.2) is 0 Å². The summed E-state index contributed by atoms with van der Waals surface area (Å²) in [5, 5.41) is 12.2. The first-order chi connectivity index (χ1) is 9.74. The van der Waals surface area contributed by atoms with Gasteiger partial charge in [-0.15, -0.1) is 0 Å². The van der Waals surface area contributed by atoms with Crippen molar-refractivity contribution >= 4 is 0 Å². The van der Waals surface area contributed by atoms with Gasteiger partial charge in [-0.2, -0.15) is 0 Å². The van der Waals surface area contributed by atoms with Crippen molar-refractivity contribution in [2.24, 2.45) is 5.73 Å². The summed E-state index contributed by atoms with van der Waals surface area (Å²) in [5.74, 6) is 1.53. The largest absolute Gasteiger partial charge is 0.497 e. The van der Waals surface area contributed by atoms with E-state index in [1.54, 1.807) is 14.2 Å².